The zero-order valence-electron chi connectivity index (χ0n) is 32.9. The SMILES string of the molecule is C=C(C1CC=C(CC/C=C(\C)CCC=C(C)C)CC1)[N+](C)(CCC)CCC.CC(=O)C1CC=C(CC/C=C(\C)CCC=C(C)C)CC1. The first-order valence-corrected chi connectivity index (χ1v) is 19.3. The van der Waals surface area contributed by atoms with Gasteiger partial charge in [-0.2, -0.15) is 0 Å². The van der Waals surface area contributed by atoms with Crippen LogP contribution in [-0.2, 0) is 4.79 Å². The van der Waals surface area contributed by atoms with Crippen molar-refractivity contribution < 1.29 is 9.28 Å². The van der Waals surface area contributed by atoms with E-state index < -0.39 is 0 Å². The van der Waals surface area contributed by atoms with Crippen molar-refractivity contribution in [3.63, 3.8) is 0 Å². The lowest BCUT2D eigenvalue weighted by Crippen LogP contribution is -2.46. The first kappa shape index (κ1) is 42.8. The molecule has 0 aromatic heterocycles. The molecule has 0 aromatic rings. The van der Waals surface area contributed by atoms with Gasteiger partial charge in [-0.1, -0.05) is 83.7 Å². The molecule has 0 radical (unpaired) electrons. The number of hydrogen-bond donors (Lipinski definition) is 0. The Balaban J connectivity index is 0.000000491. The standard InChI is InChI=1S/C26H46N.C19H30O/c1-8-20-27(7,21-9-2)24(6)26-18-16-25(17-19-26)15-11-14-23(5)13-10-12-22(3)4;1-15(2)7-5-8-16(3)9-6-10-18-11-13-19(14-12-18)17(4)20/h12,14,16,26H,6,8-11,13,15,17-21H2,1-5,7H3;7,9,11,19H,5-6,8,10,12-14H2,1-4H3/q+1;/b23-14+;16-9+. The van der Waals surface area contributed by atoms with Crippen molar-refractivity contribution in [2.24, 2.45) is 11.8 Å². The van der Waals surface area contributed by atoms with Gasteiger partial charge in [0.05, 0.1) is 20.1 Å². The fraction of sp³-hybridized carbons (Fsp3) is 0.667. The average molecular weight is 647 g/mol. The quantitative estimate of drug-likeness (QED) is 0.101. The van der Waals surface area contributed by atoms with Crippen LogP contribution in [0.3, 0.4) is 0 Å². The summed E-state index contributed by atoms with van der Waals surface area (Å²) in [6, 6.07) is 0. The average Bonchev–Trinajstić information content (AvgIpc) is 3.01. The van der Waals surface area contributed by atoms with Crippen molar-refractivity contribution in [3.05, 3.63) is 82.2 Å². The highest BCUT2D eigenvalue weighted by Gasteiger charge is 2.31. The van der Waals surface area contributed by atoms with E-state index in [1.807, 2.05) is 0 Å². The Labute approximate surface area is 293 Å². The second kappa shape index (κ2) is 24.0. The molecular weight excluding hydrogens is 571 g/mol. The number of carbonyl (C=O) groups excluding carboxylic acids is 1. The fourth-order valence-electron chi connectivity index (χ4n) is 7.12. The molecule has 2 nitrogen and oxygen atoms in total. The van der Waals surface area contributed by atoms with Crippen LogP contribution in [0, 0.1) is 11.8 Å². The molecule has 0 heterocycles. The zero-order valence-corrected chi connectivity index (χ0v) is 32.9. The molecular formula is C45H76NO+. The first-order chi connectivity index (χ1) is 22.3. The van der Waals surface area contributed by atoms with Crippen LogP contribution in [0.5, 0.6) is 0 Å². The monoisotopic (exact) mass is 647 g/mol. The molecule has 2 unspecified atom stereocenters. The molecule has 0 spiro atoms. The number of ketones is 1. The van der Waals surface area contributed by atoms with Crippen LogP contribution in [0.2, 0.25) is 0 Å². The van der Waals surface area contributed by atoms with Crippen LogP contribution < -0.4 is 0 Å². The molecule has 0 aliphatic heterocycles. The maximum absolute atomic E-state index is 11.3. The minimum atomic E-state index is 0.292. The fourth-order valence-corrected chi connectivity index (χ4v) is 7.12. The summed E-state index contributed by atoms with van der Waals surface area (Å²) >= 11 is 0. The molecule has 47 heavy (non-hydrogen) atoms. The maximum atomic E-state index is 11.3. The zero-order chi connectivity index (χ0) is 35.2. The highest BCUT2D eigenvalue weighted by atomic mass is 16.1. The van der Waals surface area contributed by atoms with E-state index in [1.54, 1.807) is 23.6 Å². The largest absolute Gasteiger partial charge is 0.300 e. The van der Waals surface area contributed by atoms with Gasteiger partial charge >= 0.3 is 0 Å². The normalized spacial score (nSPS) is 18.8. The van der Waals surface area contributed by atoms with E-state index in [4.69, 9.17) is 0 Å². The van der Waals surface area contributed by atoms with Gasteiger partial charge < -0.3 is 0 Å². The van der Waals surface area contributed by atoms with E-state index in [0.717, 1.165) is 36.6 Å². The van der Waals surface area contributed by atoms with Gasteiger partial charge in [-0.3, -0.25) is 9.28 Å². The van der Waals surface area contributed by atoms with E-state index >= 15 is 0 Å². The first-order valence-electron chi connectivity index (χ1n) is 19.3. The lowest BCUT2D eigenvalue weighted by Gasteiger charge is -2.39. The third kappa shape index (κ3) is 18.8. The topological polar surface area (TPSA) is 17.1 Å². The molecule has 0 saturated heterocycles. The molecule has 2 atom stereocenters. The van der Waals surface area contributed by atoms with E-state index in [9.17, 15) is 4.79 Å². The van der Waals surface area contributed by atoms with Crippen molar-refractivity contribution in [1.82, 2.24) is 0 Å². The highest BCUT2D eigenvalue weighted by Crippen LogP contribution is 2.35. The summed E-state index contributed by atoms with van der Waals surface area (Å²) in [6.07, 6.45) is 33.2. The Hall–Kier alpha value is -2.19. The summed E-state index contributed by atoms with van der Waals surface area (Å²) in [5, 5.41) is 0. The number of hydrogen-bond acceptors (Lipinski definition) is 1. The summed E-state index contributed by atoms with van der Waals surface area (Å²) in [7, 11) is 2.40. The van der Waals surface area contributed by atoms with Gasteiger partial charge in [-0.25, -0.2) is 0 Å². The van der Waals surface area contributed by atoms with Crippen LogP contribution in [0.25, 0.3) is 0 Å². The maximum Gasteiger partial charge on any atom is 0.133 e. The van der Waals surface area contributed by atoms with Gasteiger partial charge in [0.1, 0.15) is 11.5 Å². The predicted octanol–water partition coefficient (Wildman–Crippen LogP) is 13.7. The van der Waals surface area contributed by atoms with E-state index in [-0.39, 0.29) is 0 Å². The molecule has 2 aliphatic carbocycles. The molecule has 2 aliphatic rings. The van der Waals surface area contributed by atoms with Gasteiger partial charge in [-0.05, 0) is 158 Å². The van der Waals surface area contributed by atoms with Crippen LogP contribution in [0.4, 0.5) is 0 Å². The number of nitrogens with zero attached hydrogens (tertiary/aromatic N) is 1. The molecule has 0 amide bonds. The van der Waals surface area contributed by atoms with Gasteiger partial charge in [0, 0.05) is 11.8 Å². The van der Waals surface area contributed by atoms with E-state index in [0.29, 0.717) is 17.6 Å². The Morgan fingerprint density at radius 3 is 1.47 bits per heavy atom. The molecule has 0 aromatic carbocycles. The molecule has 0 fully saturated rings. The van der Waals surface area contributed by atoms with E-state index in [2.05, 4.69) is 105 Å². The Morgan fingerprint density at radius 2 is 1.13 bits per heavy atom. The van der Waals surface area contributed by atoms with Gasteiger partial charge in [0.15, 0.2) is 0 Å². The third-order valence-electron chi connectivity index (χ3n) is 10.3. The van der Waals surface area contributed by atoms with Crippen LogP contribution >= 0.6 is 0 Å². The molecule has 2 rings (SSSR count). The molecule has 266 valence electrons. The molecule has 0 bridgehead atoms. The number of carbonyl (C=O) groups is 1. The van der Waals surface area contributed by atoms with E-state index in [1.165, 1.54) is 106 Å². The van der Waals surface area contributed by atoms with Crippen molar-refractivity contribution in [3.8, 4) is 0 Å². The van der Waals surface area contributed by atoms with Crippen molar-refractivity contribution >= 4 is 5.78 Å². The summed E-state index contributed by atoms with van der Waals surface area (Å²) in [5.74, 6) is 1.33. The van der Waals surface area contributed by atoms with Crippen molar-refractivity contribution in [2.75, 3.05) is 20.1 Å². The number of allylic oxidation sites excluding steroid dienone is 13. The number of rotatable bonds is 19. The minimum Gasteiger partial charge on any atom is -0.300 e. The van der Waals surface area contributed by atoms with Gasteiger partial charge in [-0.15, -0.1) is 0 Å². The third-order valence-corrected chi connectivity index (χ3v) is 10.3. The summed E-state index contributed by atoms with van der Waals surface area (Å²) < 4.78 is 1.08. The summed E-state index contributed by atoms with van der Waals surface area (Å²) in [6.45, 7) is 26.6. The van der Waals surface area contributed by atoms with Crippen LogP contribution in [0.1, 0.15) is 165 Å². The Morgan fingerprint density at radius 1 is 0.702 bits per heavy atom. The second-order valence-corrected chi connectivity index (χ2v) is 15.4. The van der Waals surface area contributed by atoms with Gasteiger partial charge in [0.25, 0.3) is 0 Å². The van der Waals surface area contributed by atoms with Crippen LogP contribution in [0.15, 0.2) is 82.2 Å². The molecule has 0 saturated carbocycles. The summed E-state index contributed by atoms with van der Waals surface area (Å²) in [4.78, 5) is 11.3. The Kier molecular flexibility index (Phi) is 21.9. The lowest BCUT2D eigenvalue weighted by molar-refractivity contribution is -0.876. The Bertz CT molecular complexity index is 1120. The number of Topliss-reactive ketones (excluding diaryl/α,β-unsaturated/α-hetero) is 1. The minimum absolute atomic E-state index is 0.292. The lowest BCUT2D eigenvalue weighted by atomic mass is 9.85. The second-order valence-electron chi connectivity index (χ2n) is 15.4. The van der Waals surface area contributed by atoms with Crippen LogP contribution in [-0.4, -0.2) is 30.4 Å². The number of quaternary nitrogens is 1. The van der Waals surface area contributed by atoms with Crippen molar-refractivity contribution in [2.45, 2.75) is 165 Å². The molecule has 2 heteroatoms. The van der Waals surface area contributed by atoms with Crippen molar-refractivity contribution in [1.29, 1.82) is 0 Å². The summed E-state index contributed by atoms with van der Waals surface area (Å²) in [5.41, 5.74) is 10.6. The van der Waals surface area contributed by atoms with Gasteiger partial charge in [0.2, 0.25) is 0 Å². The smallest absolute Gasteiger partial charge is 0.133 e. The highest BCUT2D eigenvalue weighted by molar-refractivity contribution is 5.78. The molecule has 0 N–H and O–H groups in total. The predicted molar refractivity (Wildman–Crippen MR) is 210 cm³/mol.